The zero-order valence-corrected chi connectivity index (χ0v) is 10.4. The van der Waals surface area contributed by atoms with Crippen molar-refractivity contribution < 1.29 is 4.79 Å². The van der Waals surface area contributed by atoms with Gasteiger partial charge in [-0.2, -0.15) is 0 Å². The third-order valence-corrected chi connectivity index (χ3v) is 4.00. The van der Waals surface area contributed by atoms with Crippen molar-refractivity contribution in [1.29, 1.82) is 0 Å². The van der Waals surface area contributed by atoms with Crippen LogP contribution in [0.5, 0.6) is 0 Å². The van der Waals surface area contributed by atoms with E-state index in [-0.39, 0.29) is 18.1 Å². The highest BCUT2D eigenvalue weighted by atomic mass is 16.2. The van der Waals surface area contributed by atoms with Gasteiger partial charge in [0.25, 0.3) is 0 Å². The lowest BCUT2D eigenvalue weighted by molar-refractivity contribution is 0.223. The van der Waals surface area contributed by atoms with E-state index >= 15 is 0 Å². The Morgan fingerprint density at radius 3 is 2.72 bits per heavy atom. The molecule has 4 N–H and O–H groups in total. The topological polar surface area (TPSA) is 67.1 Å². The van der Waals surface area contributed by atoms with E-state index in [2.05, 4.69) is 22.8 Å². The lowest BCUT2D eigenvalue weighted by Crippen LogP contribution is -2.48. The van der Waals surface area contributed by atoms with Crippen molar-refractivity contribution in [3.63, 3.8) is 0 Å². The minimum Gasteiger partial charge on any atom is -0.335 e. The van der Waals surface area contributed by atoms with Crippen LogP contribution in [0.3, 0.4) is 0 Å². The van der Waals surface area contributed by atoms with Gasteiger partial charge in [0.1, 0.15) is 0 Å². The third-order valence-electron chi connectivity index (χ3n) is 4.00. The normalized spacial score (nSPS) is 26.3. The van der Waals surface area contributed by atoms with Crippen molar-refractivity contribution in [2.75, 3.05) is 0 Å². The second kappa shape index (κ2) is 4.61. The largest absolute Gasteiger partial charge is 0.335 e. The number of nitrogens with one attached hydrogen (secondary N) is 2. The fraction of sp³-hybridized carbons (Fsp3) is 0.500. The molecule has 0 radical (unpaired) electrons. The predicted octanol–water partition coefficient (Wildman–Crippen LogP) is 1.46. The van der Waals surface area contributed by atoms with Crippen LogP contribution in [-0.2, 0) is 6.42 Å². The first-order valence-corrected chi connectivity index (χ1v) is 6.64. The van der Waals surface area contributed by atoms with E-state index in [1.165, 1.54) is 12.0 Å². The Hall–Kier alpha value is -1.55. The molecule has 2 aliphatic rings. The van der Waals surface area contributed by atoms with Crippen LogP contribution in [0.25, 0.3) is 0 Å². The van der Waals surface area contributed by atoms with Crippen molar-refractivity contribution in [3.05, 3.63) is 35.4 Å². The van der Waals surface area contributed by atoms with Crippen LogP contribution in [0.15, 0.2) is 24.3 Å². The van der Waals surface area contributed by atoms with Gasteiger partial charge < -0.3 is 16.4 Å². The Labute approximate surface area is 107 Å². The molecular weight excluding hydrogens is 226 g/mol. The Kier molecular flexibility index (Phi) is 2.96. The summed E-state index contributed by atoms with van der Waals surface area (Å²) in [6.45, 7) is 0. The summed E-state index contributed by atoms with van der Waals surface area (Å²) >= 11 is 0. The van der Waals surface area contributed by atoms with Crippen molar-refractivity contribution in [1.82, 2.24) is 10.6 Å². The summed E-state index contributed by atoms with van der Waals surface area (Å²) in [5.41, 5.74) is 8.52. The van der Waals surface area contributed by atoms with Crippen molar-refractivity contribution in [2.24, 2.45) is 5.73 Å². The van der Waals surface area contributed by atoms with E-state index in [1.54, 1.807) is 0 Å². The molecule has 0 aromatic heterocycles. The maximum absolute atomic E-state index is 11.9. The minimum atomic E-state index is -0.0862. The van der Waals surface area contributed by atoms with Crippen LogP contribution >= 0.6 is 0 Å². The highest BCUT2D eigenvalue weighted by Crippen LogP contribution is 2.30. The fourth-order valence-corrected chi connectivity index (χ4v) is 2.73. The molecule has 2 unspecified atom stereocenters. The standard InChI is InChI=1S/C14H19N3O/c15-12-8-9-4-1-2-7-11(9)13(12)17-14(18)16-10-5-3-6-10/h1-2,4,7,10,12-13H,3,5-6,8,15H2,(H2,16,17,18). The average molecular weight is 245 g/mol. The average Bonchev–Trinajstić information content (AvgIpc) is 2.61. The first-order chi connectivity index (χ1) is 8.74. The minimum absolute atomic E-state index is 0.0189. The molecule has 96 valence electrons. The molecular formula is C14H19N3O. The monoisotopic (exact) mass is 245 g/mol. The quantitative estimate of drug-likeness (QED) is 0.738. The number of fused-ring (bicyclic) bond motifs is 1. The molecule has 2 amide bonds. The number of amides is 2. The summed E-state index contributed by atoms with van der Waals surface area (Å²) in [7, 11) is 0. The third kappa shape index (κ3) is 2.08. The van der Waals surface area contributed by atoms with E-state index in [4.69, 9.17) is 5.73 Å². The molecule has 2 atom stereocenters. The summed E-state index contributed by atoms with van der Waals surface area (Å²) < 4.78 is 0. The first kappa shape index (κ1) is 11.5. The van der Waals surface area contributed by atoms with Gasteiger partial charge in [-0.15, -0.1) is 0 Å². The predicted molar refractivity (Wildman–Crippen MR) is 70.2 cm³/mol. The zero-order valence-electron chi connectivity index (χ0n) is 10.4. The Morgan fingerprint density at radius 1 is 1.22 bits per heavy atom. The summed E-state index contributed by atoms with van der Waals surface area (Å²) in [6, 6.07) is 8.35. The summed E-state index contributed by atoms with van der Waals surface area (Å²) in [6.07, 6.45) is 4.25. The van der Waals surface area contributed by atoms with E-state index < -0.39 is 0 Å². The van der Waals surface area contributed by atoms with E-state index in [0.29, 0.717) is 6.04 Å². The number of hydrogen-bond acceptors (Lipinski definition) is 2. The molecule has 1 aromatic rings. The van der Waals surface area contributed by atoms with Gasteiger partial charge in [0, 0.05) is 12.1 Å². The molecule has 1 fully saturated rings. The number of hydrogen-bond donors (Lipinski definition) is 3. The zero-order chi connectivity index (χ0) is 12.5. The van der Waals surface area contributed by atoms with Gasteiger partial charge in [0.15, 0.2) is 0 Å². The number of carbonyl (C=O) groups excluding carboxylic acids is 1. The molecule has 0 spiro atoms. The van der Waals surface area contributed by atoms with Crippen molar-refractivity contribution >= 4 is 6.03 Å². The van der Waals surface area contributed by atoms with Gasteiger partial charge in [-0.1, -0.05) is 24.3 Å². The van der Waals surface area contributed by atoms with Crippen LogP contribution in [0.4, 0.5) is 4.79 Å². The SMILES string of the molecule is NC1Cc2ccccc2C1NC(=O)NC1CCC1. The van der Waals surface area contributed by atoms with Crippen LogP contribution in [0.1, 0.15) is 36.4 Å². The molecule has 0 aliphatic heterocycles. The smallest absolute Gasteiger partial charge is 0.315 e. The van der Waals surface area contributed by atoms with E-state index in [9.17, 15) is 4.79 Å². The maximum Gasteiger partial charge on any atom is 0.315 e. The van der Waals surface area contributed by atoms with Crippen LogP contribution in [0, 0.1) is 0 Å². The fourth-order valence-electron chi connectivity index (χ4n) is 2.73. The van der Waals surface area contributed by atoms with Gasteiger partial charge >= 0.3 is 6.03 Å². The molecule has 4 heteroatoms. The first-order valence-electron chi connectivity index (χ1n) is 6.64. The van der Waals surface area contributed by atoms with E-state index in [1.807, 2.05) is 12.1 Å². The van der Waals surface area contributed by atoms with Gasteiger partial charge in [-0.25, -0.2) is 4.79 Å². The number of nitrogens with two attached hydrogens (primary N) is 1. The van der Waals surface area contributed by atoms with E-state index in [0.717, 1.165) is 24.8 Å². The molecule has 1 saturated carbocycles. The molecule has 0 bridgehead atoms. The Balaban J connectivity index is 1.66. The molecule has 3 rings (SSSR count). The Morgan fingerprint density at radius 2 is 2.00 bits per heavy atom. The van der Waals surface area contributed by atoms with Gasteiger partial charge in [0.05, 0.1) is 6.04 Å². The number of rotatable bonds is 2. The van der Waals surface area contributed by atoms with Gasteiger partial charge in [-0.3, -0.25) is 0 Å². The highest BCUT2D eigenvalue weighted by molar-refractivity contribution is 5.75. The summed E-state index contributed by atoms with van der Waals surface area (Å²) in [5, 5.41) is 6.00. The van der Waals surface area contributed by atoms with Crippen LogP contribution in [0.2, 0.25) is 0 Å². The van der Waals surface area contributed by atoms with Gasteiger partial charge in [-0.05, 0) is 36.8 Å². The molecule has 4 nitrogen and oxygen atoms in total. The summed E-state index contributed by atoms with van der Waals surface area (Å²) in [4.78, 5) is 11.9. The maximum atomic E-state index is 11.9. The summed E-state index contributed by atoms with van der Waals surface area (Å²) in [5.74, 6) is 0. The number of carbonyl (C=O) groups is 1. The second-order valence-electron chi connectivity index (χ2n) is 5.29. The second-order valence-corrected chi connectivity index (χ2v) is 5.29. The van der Waals surface area contributed by atoms with Crippen molar-refractivity contribution in [2.45, 2.75) is 43.8 Å². The molecule has 0 saturated heterocycles. The van der Waals surface area contributed by atoms with Gasteiger partial charge in [0.2, 0.25) is 0 Å². The molecule has 0 heterocycles. The Bertz CT molecular complexity index is 456. The number of benzene rings is 1. The molecule has 18 heavy (non-hydrogen) atoms. The molecule has 2 aliphatic carbocycles. The van der Waals surface area contributed by atoms with Crippen molar-refractivity contribution in [3.8, 4) is 0 Å². The highest BCUT2D eigenvalue weighted by Gasteiger charge is 2.31. The lowest BCUT2D eigenvalue weighted by atomic mass is 9.93. The van der Waals surface area contributed by atoms with Crippen LogP contribution < -0.4 is 16.4 Å². The lowest BCUT2D eigenvalue weighted by Gasteiger charge is -2.28. The molecule has 1 aromatic carbocycles. The van der Waals surface area contributed by atoms with Crippen LogP contribution in [-0.4, -0.2) is 18.1 Å². The number of urea groups is 1.